The molecule has 9 N–H and O–H groups in total. The summed E-state index contributed by atoms with van der Waals surface area (Å²) >= 11 is 32.4. The lowest BCUT2D eigenvalue weighted by molar-refractivity contribution is -0.114. The number of aliphatic imine (C=N–C) groups is 1. The Balaban J connectivity index is 0.000000223. The number of phenols is 3. The number of amides is 2. The molecule has 7 rings (SSSR count). The van der Waals surface area contributed by atoms with Crippen LogP contribution in [0.25, 0.3) is 11.0 Å². The number of nitrogens with zero attached hydrogens (tertiary/aromatic N) is 3. The molecule has 1 aliphatic heterocycles. The van der Waals surface area contributed by atoms with Gasteiger partial charge in [0.15, 0.2) is 39.5 Å². The first kappa shape index (κ1) is 50.1. The third-order valence-corrected chi connectivity index (χ3v) is 9.26. The summed E-state index contributed by atoms with van der Waals surface area (Å²) in [7, 11) is 0. The zero-order valence-electron chi connectivity index (χ0n) is 30.7. The first-order chi connectivity index (χ1) is 28.9. The molecule has 6 aromatic rings. The van der Waals surface area contributed by atoms with Gasteiger partial charge in [0.25, 0.3) is 0 Å². The minimum atomic E-state index is -0.734. The molecule has 0 unspecified atom stereocenters. The van der Waals surface area contributed by atoms with Crippen molar-refractivity contribution in [2.75, 3.05) is 33.9 Å². The average Bonchev–Trinajstić information content (AvgIpc) is 3.80. The number of rotatable bonds is 6. The molecule has 14 nitrogen and oxygen atoms in total. The van der Waals surface area contributed by atoms with Gasteiger partial charge in [-0.15, -0.1) is 35.0 Å². The summed E-state index contributed by atoms with van der Waals surface area (Å²) in [6.45, 7) is 0. The molecule has 61 heavy (non-hydrogen) atoms. The molecule has 0 radical (unpaired) electrons. The number of benzene rings is 3. The van der Waals surface area contributed by atoms with Crippen LogP contribution in [0.5, 0.6) is 17.2 Å². The monoisotopic (exact) mass is 978 g/mol. The number of carbonyl (C=O) groups is 3. The summed E-state index contributed by atoms with van der Waals surface area (Å²) in [4.78, 5) is 50.2. The number of carbonyl (C=O) groups excluding carboxylic acids is 3. The fraction of sp³-hybridized carbons (Fsp3) is 0.108. The molecular formula is C37H30Cl5F3N8O6S2. The largest absolute Gasteiger partial charge is 0.505 e. The molecular weight excluding hydrogens is 951 g/mol. The number of phenolic OH excluding ortho intramolecular Hbond substituents is 3. The fourth-order valence-electron chi connectivity index (χ4n) is 4.28. The van der Waals surface area contributed by atoms with E-state index < -0.39 is 45.8 Å². The Labute approximate surface area is 378 Å². The van der Waals surface area contributed by atoms with Crippen LogP contribution >= 0.6 is 82.0 Å². The Kier molecular flexibility index (Phi) is 20.4. The van der Waals surface area contributed by atoms with E-state index >= 15 is 0 Å². The molecule has 0 fully saturated rings. The summed E-state index contributed by atoms with van der Waals surface area (Å²) in [6.07, 6.45) is 3.86. The van der Waals surface area contributed by atoms with Crippen molar-refractivity contribution in [3.8, 4) is 17.2 Å². The van der Waals surface area contributed by atoms with Crippen LogP contribution in [0.4, 0.5) is 35.9 Å². The maximum atomic E-state index is 12.9. The molecule has 1 aliphatic rings. The number of hydrogen-bond acceptors (Lipinski definition) is 12. The van der Waals surface area contributed by atoms with Gasteiger partial charge in [0, 0.05) is 47.7 Å². The Hall–Kier alpha value is -5.28. The second-order valence-electron chi connectivity index (χ2n) is 11.5. The number of anilines is 3. The number of aromatic hydroxyl groups is 3. The van der Waals surface area contributed by atoms with E-state index in [2.05, 4.69) is 35.6 Å². The normalized spacial score (nSPS) is 10.8. The minimum absolute atomic E-state index is 0.0957. The van der Waals surface area contributed by atoms with Gasteiger partial charge >= 0.3 is 0 Å². The molecule has 0 saturated carbocycles. The van der Waals surface area contributed by atoms with Gasteiger partial charge in [0.2, 0.25) is 17.1 Å². The van der Waals surface area contributed by atoms with E-state index in [1.54, 1.807) is 24.5 Å². The van der Waals surface area contributed by atoms with Crippen LogP contribution < -0.4 is 16.4 Å². The number of H-pyrrole nitrogens is 2. The summed E-state index contributed by atoms with van der Waals surface area (Å²) in [5.41, 5.74) is 9.71. The van der Waals surface area contributed by atoms with Gasteiger partial charge in [0.1, 0.15) is 16.2 Å². The highest BCUT2D eigenvalue weighted by Gasteiger charge is 2.17. The second-order valence-corrected chi connectivity index (χ2v) is 14.7. The minimum Gasteiger partial charge on any atom is -0.505 e. The highest BCUT2D eigenvalue weighted by atomic mass is 35.5. The number of halogens is 8. The summed E-state index contributed by atoms with van der Waals surface area (Å²) in [5, 5.41) is 33.0. The number of nitrogens with one attached hydrogen (secondary N) is 4. The third kappa shape index (κ3) is 17.7. The maximum absolute atomic E-state index is 12.9. The quantitative estimate of drug-likeness (QED) is 0.0257. The van der Waals surface area contributed by atoms with Crippen LogP contribution in [-0.4, -0.2) is 74.9 Å². The Morgan fingerprint density at radius 3 is 1.79 bits per heavy atom. The zero-order chi connectivity index (χ0) is 45.2. The number of aromatic amines is 2. The van der Waals surface area contributed by atoms with Gasteiger partial charge in [0.05, 0.1) is 45.8 Å². The lowest BCUT2D eigenvalue weighted by Gasteiger charge is -2.06. The first-order valence-corrected chi connectivity index (χ1v) is 20.2. The molecule has 3 aromatic heterocycles. The van der Waals surface area contributed by atoms with Gasteiger partial charge in [-0.25, -0.2) is 28.1 Å². The number of nitrogen functional groups attached to an aromatic ring is 1. The zero-order valence-corrected chi connectivity index (χ0v) is 36.1. The molecule has 0 atom stereocenters. The van der Waals surface area contributed by atoms with E-state index in [0.29, 0.717) is 38.6 Å². The van der Waals surface area contributed by atoms with E-state index in [9.17, 15) is 32.7 Å². The van der Waals surface area contributed by atoms with Crippen molar-refractivity contribution >= 4 is 138 Å². The summed E-state index contributed by atoms with van der Waals surface area (Å²) < 4.78 is 38.3. The van der Waals surface area contributed by atoms with E-state index in [4.69, 9.17) is 86.2 Å². The SMILES string of the molecule is Nc1ccc(F)c(O)c1.O=C(CCl)Nc1ccc(F)c(O)c1.O=C(CSC1=Nc2cnc(Cl)cc2C1)Nc1ccc(F)c(O)c1.O=C(Cl)CCl.S=c1[nH]c2cnc(Cl)cc2[nH]1. The number of pyridine rings is 2. The molecule has 3 aromatic carbocycles. The van der Waals surface area contributed by atoms with Crippen molar-refractivity contribution in [1.82, 2.24) is 19.9 Å². The second kappa shape index (κ2) is 24.8. The van der Waals surface area contributed by atoms with Crippen molar-refractivity contribution in [2.24, 2.45) is 4.99 Å². The van der Waals surface area contributed by atoms with E-state index in [1.165, 1.54) is 30.0 Å². The smallest absolute Gasteiger partial charge is 0.239 e. The highest BCUT2D eigenvalue weighted by Crippen LogP contribution is 2.31. The summed E-state index contributed by atoms with van der Waals surface area (Å²) in [6, 6.07) is 14.3. The van der Waals surface area contributed by atoms with Crippen LogP contribution in [0.15, 0.2) is 84.1 Å². The number of aromatic nitrogens is 4. The number of hydrogen-bond donors (Lipinski definition) is 8. The number of imidazole rings is 1. The van der Waals surface area contributed by atoms with Crippen LogP contribution in [0, 0.1) is 22.2 Å². The van der Waals surface area contributed by atoms with Crippen LogP contribution in [0.3, 0.4) is 0 Å². The standard InChI is InChI=1S/C15H11ClFN3O2S.C8H7ClFNO2.C6H4ClN3S.C6H6FNO.C2H2Cl2O/c16-13-3-8-4-15(20-11(8)6-18-13)23-7-14(22)19-9-1-2-10(17)12(21)5-9;9-4-8(13)11-5-1-2-6(10)7(12)3-5;7-5-1-3-4(2-8-5)10-6(11)9-3;7-5-2-1-4(8)3-6(5)9;3-1-2(4)5/h1-3,5-6,21H,4,7H2,(H,19,22);1-3,12H,4H2,(H,11,13);1-2H,(H2,9,10,11);1-3,9H,8H2;1H2. The molecule has 0 spiro atoms. The lowest BCUT2D eigenvalue weighted by Crippen LogP contribution is -2.15. The van der Waals surface area contributed by atoms with Crippen LogP contribution in [0.1, 0.15) is 5.56 Å². The van der Waals surface area contributed by atoms with Crippen molar-refractivity contribution in [2.45, 2.75) is 6.42 Å². The first-order valence-electron chi connectivity index (χ1n) is 16.6. The lowest BCUT2D eigenvalue weighted by atomic mass is 10.2. The van der Waals surface area contributed by atoms with Crippen LogP contribution in [0.2, 0.25) is 10.3 Å². The number of nitrogens with two attached hydrogens (primary N) is 1. The number of thioether (sulfide) groups is 1. The molecule has 0 saturated heterocycles. The van der Waals surface area contributed by atoms with Gasteiger partial charge in [-0.05, 0) is 71.8 Å². The predicted molar refractivity (Wildman–Crippen MR) is 237 cm³/mol. The Morgan fingerprint density at radius 2 is 1.26 bits per heavy atom. The van der Waals surface area contributed by atoms with E-state index in [1.807, 2.05) is 0 Å². The predicted octanol–water partition coefficient (Wildman–Crippen LogP) is 9.62. The summed E-state index contributed by atoms with van der Waals surface area (Å²) in [5.74, 6) is -4.33. The van der Waals surface area contributed by atoms with Gasteiger partial charge in [-0.2, -0.15) is 0 Å². The Morgan fingerprint density at radius 1 is 0.754 bits per heavy atom. The molecule has 4 heterocycles. The number of fused-ring (bicyclic) bond motifs is 2. The van der Waals surface area contributed by atoms with Crippen molar-refractivity contribution < 1.29 is 42.9 Å². The van der Waals surface area contributed by atoms with Crippen LogP contribution in [-0.2, 0) is 20.8 Å². The van der Waals surface area contributed by atoms with Gasteiger partial charge in [-0.3, -0.25) is 14.4 Å². The number of alkyl halides is 2. The average molecular weight is 981 g/mol. The van der Waals surface area contributed by atoms with Crippen molar-refractivity contribution in [3.63, 3.8) is 0 Å². The highest BCUT2D eigenvalue weighted by molar-refractivity contribution is 8.14. The molecule has 0 aliphatic carbocycles. The topological polar surface area (TPSA) is 232 Å². The van der Waals surface area contributed by atoms with E-state index in [0.717, 1.165) is 63.7 Å². The van der Waals surface area contributed by atoms with Gasteiger partial charge < -0.3 is 41.7 Å². The van der Waals surface area contributed by atoms with Crippen molar-refractivity contribution in [3.05, 3.63) is 117 Å². The van der Waals surface area contributed by atoms with E-state index in [-0.39, 0.29) is 23.4 Å². The fourth-order valence-corrected chi connectivity index (χ4v) is 5.70. The van der Waals surface area contributed by atoms with Gasteiger partial charge in [-0.1, -0.05) is 23.2 Å². The van der Waals surface area contributed by atoms with Crippen molar-refractivity contribution in [1.29, 1.82) is 0 Å². The molecule has 2 amide bonds. The molecule has 24 heteroatoms. The third-order valence-electron chi connectivity index (χ3n) is 6.91. The molecule has 0 bridgehead atoms. The maximum Gasteiger partial charge on any atom is 0.239 e. The molecule has 322 valence electrons. The Bertz CT molecular complexity index is 2590.